The topological polar surface area (TPSA) is 51.2 Å². The van der Waals surface area contributed by atoms with Crippen LogP contribution < -0.4 is 5.48 Å². The summed E-state index contributed by atoms with van der Waals surface area (Å²) in [4.78, 5) is 20.8. The summed E-state index contributed by atoms with van der Waals surface area (Å²) in [7, 11) is 0. The van der Waals surface area contributed by atoms with E-state index in [2.05, 4.69) is 10.5 Å². The van der Waals surface area contributed by atoms with Crippen LogP contribution in [0.2, 0.25) is 5.02 Å². The fourth-order valence-corrected chi connectivity index (χ4v) is 1.88. The highest BCUT2D eigenvalue weighted by molar-refractivity contribution is 6.30. The molecule has 2 rings (SSSR count). The molecule has 0 unspecified atom stereocenters. The van der Waals surface area contributed by atoms with Gasteiger partial charge in [-0.05, 0) is 25.0 Å². The molecule has 1 aromatic heterocycles. The largest absolute Gasteiger partial charge is 0.293 e. The van der Waals surface area contributed by atoms with Gasteiger partial charge in [0, 0.05) is 11.2 Å². The first-order valence-corrected chi connectivity index (χ1v) is 5.71. The summed E-state index contributed by atoms with van der Waals surface area (Å²) in [6.45, 7) is 0. The molecule has 0 radical (unpaired) electrons. The van der Waals surface area contributed by atoms with Crippen molar-refractivity contribution in [3.63, 3.8) is 0 Å². The van der Waals surface area contributed by atoms with Crippen LogP contribution in [0.3, 0.4) is 0 Å². The molecular formula is C11H13ClN2O2. The van der Waals surface area contributed by atoms with Gasteiger partial charge in [-0.25, -0.2) is 5.48 Å². The van der Waals surface area contributed by atoms with Gasteiger partial charge in [-0.2, -0.15) is 0 Å². The minimum absolute atomic E-state index is 0.142. The van der Waals surface area contributed by atoms with Crippen LogP contribution in [0.5, 0.6) is 0 Å². The minimum Gasteiger partial charge on any atom is -0.270 e. The highest BCUT2D eigenvalue weighted by Gasteiger charge is 2.17. The maximum absolute atomic E-state index is 11.6. The predicted octanol–water partition coefficient (Wildman–Crippen LogP) is 2.34. The second-order valence-corrected chi connectivity index (χ2v) is 4.25. The zero-order valence-electron chi connectivity index (χ0n) is 8.78. The molecule has 1 aromatic rings. The first-order valence-electron chi connectivity index (χ1n) is 5.33. The van der Waals surface area contributed by atoms with Crippen LogP contribution in [-0.4, -0.2) is 17.0 Å². The molecule has 5 heteroatoms. The first-order chi connectivity index (χ1) is 7.75. The second kappa shape index (κ2) is 5.27. The van der Waals surface area contributed by atoms with Crippen LogP contribution in [0.25, 0.3) is 0 Å². The van der Waals surface area contributed by atoms with Crippen LogP contribution in [0, 0.1) is 0 Å². The van der Waals surface area contributed by atoms with Crippen molar-refractivity contribution < 1.29 is 9.63 Å². The third-order valence-electron chi connectivity index (χ3n) is 2.58. The second-order valence-electron chi connectivity index (χ2n) is 3.81. The van der Waals surface area contributed by atoms with Gasteiger partial charge in [0.25, 0.3) is 5.91 Å². The van der Waals surface area contributed by atoms with Crippen LogP contribution in [0.4, 0.5) is 0 Å². The van der Waals surface area contributed by atoms with Gasteiger partial charge in [0.2, 0.25) is 0 Å². The maximum Gasteiger partial charge on any atom is 0.293 e. The summed E-state index contributed by atoms with van der Waals surface area (Å²) in [6.07, 6.45) is 5.97. The van der Waals surface area contributed by atoms with E-state index < -0.39 is 0 Å². The molecule has 16 heavy (non-hydrogen) atoms. The van der Waals surface area contributed by atoms with Crippen molar-refractivity contribution in [1.82, 2.24) is 10.5 Å². The third-order valence-corrected chi connectivity index (χ3v) is 2.81. The number of hydrogen-bond acceptors (Lipinski definition) is 3. The van der Waals surface area contributed by atoms with E-state index in [-0.39, 0.29) is 17.7 Å². The molecule has 1 aliphatic rings. The van der Waals surface area contributed by atoms with E-state index in [1.54, 1.807) is 6.07 Å². The Hall–Kier alpha value is -1.13. The van der Waals surface area contributed by atoms with E-state index in [0.717, 1.165) is 25.7 Å². The predicted molar refractivity (Wildman–Crippen MR) is 60.1 cm³/mol. The number of rotatable bonds is 3. The third kappa shape index (κ3) is 2.93. The number of aromatic nitrogens is 1. The number of hydrogen-bond donors (Lipinski definition) is 1. The van der Waals surface area contributed by atoms with Crippen LogP contribution >= 0.6 is 11.6 Å². The Morgan fingerprint density at radius 2 is 2.25 bits per heavy atom. The average Bonchev–Trinajstić information content (AvgIpc) is 2.78. The molecule has 0 aliphatic heterocycles. The molecule has 1 amide bonds. The van der Waals surface area contributed by atoms with Gasteiger partial charge in [-0.3, -0.25) is 14.6 Å². The molecule has 1 heterocycles. The van der Waals surface area contributed by atoms with E-state index in [0.29, 0.717) is 5.02 Å². The standard InChI is InChI=1S/C11H13ClN2O2/c12-8-5-6-13-10(7-8)11(15)14-16-9-3-1-2-4-9/h5-7,9H,1-4H2,(H,14,15). The lowest BCUT2D eigenvalue weighted by Crippen LogP contribution is -2.28. The van der Waals surface area contributed by atoms with E-state index >= 15 is 0 Å². The fraction of sp³-hybridized carbons (Fsp3) is 0.455. The lowest BCUT2D eigenvalue weighted by molar-refractivity contribution is -0.0127. The number of amides is 1. The Labute approximate surface area is 98.9 Å². The van der Waals surface area contributed by atoms with Crippen LogP contribution in [0.15, 0.2) is 18.3 Å². The Morgan fingerprint density at radius 3 is 2.94 bits per heavy atom. The Bertz CT molecular complexity index is 378. The summed E-state index contributed by atoms with van der Waals surface area (Å²) in [5, 5.41) is 0.487. The van der Waals surface area contributed by atoms with Gasteiger partial charge in [0.1, 0.15) is 5.69 Å². The molecule has 1 N–H and O–H groups in total. The van der Waals surface area contributed by atoms with Crippen molar-refractivity contribution in [2.75, 3.05) is 0 Å². The van der Waals surface area contributed by atoms with Gasteiger partial charge in [0.05, 0.1) is 6.10 Å². The highest BCUT2D eigenvalue weighted by atomic mass is 35.5. The van der Waals surface area contributed by atoms with E-state index in [9.17, 15) is 4.79 Å². The highest BCUT2D eigenvalue weighted by Crippen LogP contribution is 2.20. The quantitative estimate of drug-likeness (QED) is 0.825. The summed E-state index contributed by atoms with van der Waals surface area (Å²) in [6, 6.07) is 3.13. The average molecular weight is 241 g/mol. The number of nitrogens with zero attached hydrogens (tertiary/aromatic N) is 1. The molecule has 0 bridgehead atoms. The van der Waals surface area contributed by atoms with Crippen molar-refractivity contribution in [3.8, 4) is 0 Å². The lowest BCUT2D eigenvalue weighted by Gasteiger charge is -2.10. The molecular weight excluding hydrogens is 228 g/mol. The van der Waals surface area contributed by atoms with Crippen molar-refractivity contribution >= 4 is 17.5 Å². The van der Waals surface area contributed by atoms with Gasteiger partial charge in [-0.15, -0.1) is 0 Å². The number of pyridine rings is 1. The van der Waals surface area contributed by atoms with E-state index in [4.69, 9.17) is 16.4 Å². The minimum atomic E-state index is -0.352. The summed E-state index contributed by atoms with van der Waals surface area (Å²) in [5.74, 6) is -0.352. The number of carbonyl (C=O) groups excluding carboxylic acids is 1. The summed E-state index contributed by atoms with van der Waals surface area (Å²) < 4.78 is 0. The van der Waals surface area contributed by atoms with Gasteiger partial charge in [-0.1, -0.05) is 24.4 Å². The molecule has 0 aromatic carbocycles. The molecule has 86 valence electrons. The van der Waals surface area contributed by atoms with Gasteiger partial charge < -0.3 is 0 Å². The first kappa shape index (κ1) is 11.4. The van der Waals surface area contributed by atoms with Gasteiger partial charge >= 0.3 is 0 Å². The van der Waals surface area contributed by atoms with Crippen LogP contribution in [0.1, 0.15) is 36.2 Å². The van der Waals surface area contributed by atoms with E-state index in [1.807, 2.05) is 0 Å². The lowest BCUT2D eigenvalue weighted by atomic mass is 10.3. The fourth-order valence-electron chi connectivity index (χ4n) is 1.72. The number of carbonyl (C=O) groups is 1. The molecule has 4 nitrogen and oxygen atoms in total. The SMILES string of the molecule is O=C(NOC1CCCC1)c1cc(Cl)ccn1. The van der Waals surface area contributed by atoms with E-state index in [1.165, 1.54) is 12.3 Å². The number of hydroxylamine groups is 1. The summed E-state index contributed by atoms with van der Waals surface area (Å²) in [5.41, 5.74) is 2.68. The molecule has 1 saturated carbocycles. The summed E-state index contributed by atoms with van der Waals surface area (Å²) >= 11 is 5.76. The smallest absolute Gasteiger partial charge is 0.270 e. The zero-order valence-corrected chi connectivity index (χ0v) is 9.54. The Kier molecular flexibility index (Phi) is 3.74. The normalized spacial score (nSPS) is 16.3. The Balaban J connectivity index is 1.87. The van der Waals surface area contributed by atoms with Crippen molar-refractivity contribution in [2.24, 2.45) is 0 Å². The molecule has 0 atom stereocenters. The number of halogens is 1. The molecule has 0 spiro atoms. The number of nitrogens with one attached hydrogen (secondary N) is 1. The zero-order chi connectivity index (χ0) is 11.4. The molecule has 0 saturated heterocycles. The van der Waals surface area contributed by atoms with Crippen LogP contribution in [-0.2, 0) is 4.84 Å². The van der Waals surface area contributed by atoms with Crippen molar-refractivity contribution in [3.05, 3.63) is 29.0 Å². The van der Waals surface area contributed by atoms with Crippen molar-refractivity contribution in [2.45, 2.75) is 31.8 Å². The molecule has 1 fully saturated rings. The molecule has 1 aliphatic carbocycles. The Morgan fingerprint density at radius 1 is 1.50 bits per heavy atom. The van der Waals surface area contributed by atoms with Crippen molar-refractivity contribution in [1.29, 1.82) is 0 Å². The van der Waals surface area contributed by atoms with Gasteiger partial charge in [0.15, 0.2) is 0 Å². The monoisotopic (exact) mass is 240 g/mol. The maximum atomic E-state index is 11.6.